The number of ether oxygens (including phenoxy) is 1. The minimum atomic E-state index is -0.778. The Kier molecular flexibility index (Phi) is 3.84. The lowest BCUT2D eigenvalue weighted by Gasteiger charge is -2.12. The summed E-state index contributed by atoms with van der Waals surface area (Å²) in [5, 5.41) is 3.50. The number of pyridine rings is 1. The van der Waals surface area contributed by atoms with Crippen LogP contribution >= 0.6 is 0 Å². The third-order valence-corrected chi connectivity index (χ3v) is 3.39. The number of methoxy groups -OCH3 is 1. The van der Waals surface area contributed by atoms with Crippen LogP contribution in [0.5, 0.6) is 0 Å². The Balaban J connectivity index is 2.16. The number of hydrogen-bond acceptors (Lipinski definition) is 5. The predicted octanol–water partition coefficient (Wildman–Crippen LogP) is 2.66. The van der Waals surface area contributed by atoms with Gasteiger partial charge in [-0.15, -0.1) is 0 Å². The Morgan fingerprint density at radius 2 is 2.22 bits per heavy atom. The fraction of sp³-hybridized carbons (Fsp3) is 0.125. The third kappa shape index (κ3) is 2.80. The molecule has 3 aromatic rings. The minimum Gasteiger partial charge on any atom is -0.467 e. The van der Waals surface area contributed by atoms with Gasteiger partial charge in [-0.25, -0.2) is 9.18 Å². The molecule has 118 valence electrons. The van der Waals surface area contributed by atoms with Gasteiger partial charge < -0.3 is 19.5 Å². The molecule has 0 atom stereocenters. The number of aromatic nitrogens is 1. The van der Waals surface area contributed by atoms with Crippen molar-refractivity contribution in [1.29, 1.82) is 0 Å². The monoisotopic (exact) mass is 316 g/mol. The first-order valence-electron chi connectivity index (χ1n) is 6.80. The molecule has 0 saturated carbocycles. The lowest BCUT2D eigenvalue weighted by molar-refractivity contribution is 0.0600. The summed E-state index contributed by atoms with van der Waals surface area (Å²) < 4.78 is 23.3. The second-order valence-corrected chi connectivity index (χ2v) is 4.82. The number of nitrogens with one attached hydrogen (secondary N) is 2. The molecule has 3 rings (SSSR count). The fourth-order valence-electron chi connectivity index (χ4n) is 2.34. The number of carbonyl (C=O) groups excluding carboxylic acids is 1. The van der Waals surface area contributed by atoms with Gasteiger partial charge in [0.2, 0.25) is 0 Å². The van der Waals surface area contributed by atoms with Crippen molar-refractivity contribution in [3.63, 3.8) is 0 Å². The molecule has 0 radical (unpaired) electrons. The Hall–Kier alpha value is -3.09. The van der Waals surface area contributed by atoms with Crippen molar-refractivity contribution in [2.45, 2.75) is 6.54 Å². The predicted molar refractivity (Wildman–Crippen MR) is 81.9 cm³/mol. The highest BCUT2D eigenvalue weighted by atomic mass is 19.1. The molecule has 0 bridgehead atoms. The minimum absolute atomic E-state index is 0.168. The van der Waals surface area contributed by atoms with E-state index in [-0.39, 0.29) is 23.3 Å². The van der Waals surface area contributed by atoms with Crippen LogP contribution in [0, 0.1) is 5.82 Å². The SMILES string of the molecule is COC(=O)c1c(NCc2ccco2)c2ccc(F)cc2[nH]c1=O. The topological polar surface area (TPSA) is 84.3 Å². The zero-order valence-electron chi connectivity index (χ0n) is 12.2. The molecule has 0 aliphatic carbocycles. The first-order valence-corrected chi connectivity index (χ1v) is 6.80. The highest BCUT2D eigenvalue weighted by Gasteiger charge is 2.20. The molecule has 6 nitrogen and oxygen atoms in total. The van der Waals surface area contributed by atoms with Crippen molar-refractivity contribution in [1.82, 2.24) is 4.98 Å². The van der Waals surface area contributed by atoms with E-state index < -0.39 is 17.3 Å². The molecule has 0 fully saturated rings. The highest BCUT2D eigenvalue weighted by molar-refractivity contribution is 6.04. The van der Waals surface area contributed by atoms with Crippen LogP contribution in [0.2, 0.25) is 0 Å². The molecule has 2 aromatic heterocycles. The van der Waals surface area contributed by atoms with E-state index in [1.54, 1.807) is 12.1 Å². The van der Waals surface area contributed by atoms with E-state index in [2.05, 4.69) is 15.0 Å². The standard InChI is InChI=1S/C16H13FN2O4/c1-22-16(21)13-14(18-8-10-3-2-6-23-10)11-5-4-9(17)7-12(11)19-15(13)20/h2-7H,8H2,1H3,(H2,18,19,20). The number of furan rings is 1. The molecule has 2 N–H and O–H groups in total. The smallest absolute Gasteiger partial charge is 0.345 e. The van der Waals surface area contributed by atoms with Crippen LogP contribution in [0.15, 0.2) is 45.8 Å². The summed E-state index contributed by atoms with van der Waals surface area (Å²) in [6.07, 6.45) is 1.52. The van der Waals surface area contributed by atoms with Crippen LogP contribution in [0.4, 0.5) is 10.1 Å². The van der Waals surface area contributed by atoms with Gasteiger partial charge in [0.15, 0.2) is 0 Å². The number of esters is 1. The van der Waals surface area contributed by atoms with Gasteiger partial charge in [0.05, 0.1) is 31.1 Å². The maximum absolute atomic E-state index is 13.4. The summed E-state index contributed by atoms with van der Waals surface area (Å²) >= 11 is 0. The summed E-state index contributed by atoms with van der Waals surface area (Å²) in [6, 6.07) is 7.40. The number of anilines is 1. The van der Waals surface area contributed by atoms with Crippen LogP contribution in [0.1, 0.15) is 16.1 Å². The molecule has 0 amide bonds. The second-order valence-electron chi connectivity index (χ2n) is 4.82. The number of aromatic amines is 1. The van der Waals surface area contributed by atoms with Crippen molar-refractivity contribution in [3.05, 3.63) is 64.1 Å². The maximum atomic E-state index is 13.4. The number of carbonyl (C=O) groups is 1. The number of fused-ring (bicyclic) bond motifs is 1. The summed E-state index contributed by atoms with van der Waals surface area (Å²) in [5.41, 5.74) is -0.272. The lowest BCUT2D eigenvalue weighted by Crippen LogP contribution is -2.22. The van der Waals surface area contributed by atoms with Gasteiger partial charge in [-0.05, 0) is 30.3 Å². The number of hydrogen-bond donors (Lipinski definition) is 2. The Labute approximate surface area is 129 Å². The van der Waals surface area contributed by atoms with E-state index in [0.717, 1.165) is 0 Å². The van der Waals surface area contributed by atoms with Gasteiger partial charge in [-0.2, -0.15) is 0 Å². The molecule has 1 aromatic carbocycles. The maximum Gasteiger partial charge on any atom is 0.345 e. The number of H-pyrrole nitrogens is 1. The molecular weight excluding hydrogens is 303 g/mol. The average Bonchev–Trinajstić information content (AvgIpc) is 3.04. The zero-order valence-corrected chi connectivity index (χ0v) is 12.2. The number of rotatable bonds is 4. The Morgan fingerprint density at radius 3 is 2.91 bits per heavy atom. The van der Waals surface area contributed by atoms with Crippen LogP contribution < -0.4 is 10.9 Å². The molecule has 0 spiro atoms. The van der Waals surface area contributed by atoms with E-state index in [4.69, 9.17) is 4.42 Å². The van der Waals surface area contributed by atoms with Gasteiger partial charge in [-0.3, -0.25) is 4.79 Å². The van der Waals surface area contributed by atoms with Crippen molar-refractivity contribution >= 4 is 22.6 Å². The molecular formula is C16H13FN2O4. The first kappa shape index (κ1) is 14.8. The summed E-state index contributed by atoms with van der Waals surface area (Å²) in [5.74, 6) is -0.647. The molecule has 0 unspecified atom stereocenters. The Bertz CT molecular complexity index is 916. The number of benzene rings is 1. The van der Waals surface area contributed by atoms with Gasteiger partial charge >= 0.3 is 5.97 Å². The molecule has 23 heavy (non-hydrogen) atoms. The van der Waals surface area contributed by atoms with Crippen LogP contribution in [-0.4, -0.2) is 18.1 Å². The van der Waals surface area contributed by atoms with E-state index in [9.17, 15) is 14.0 Å². The summed E-state index contributed by atoms with van der Waals surface area (Å²) in [6.45, 7) is 0.257. The summed E-state index contributed by atoms with van der Waals surface area (Å²) in [7, 11) is 1.19. The number of halogens is 1. The lowest BCUT2D eigenvalue weighted by atomic mass is 10.1. The van der Waals surface area contributed by atoms with E-state index in [0.29, 0.717) is 11.1 Å². The molecule has 0 aliphatic heterocycles. The Morgan fingerprint density at radius 1 is 1.39 bits per heavy atom. The van der Waals surface area contributed by atoms with Crippen molar-refractivity contribution in [2.24, 2.45) is 0 Å². The molecule has 0 aliphatic rings. The highest BCUT2D eigenvalue weighted by Crippen LogP contribution is 2.25. The van der Waals surface area contributed by atoms with Gasteiger partial charge in [-0.1, -0.05) is 0 Å². The normalized spacial score (nSPS) is 10.7. The summed E-state index contributed by atoms with van der Waals surface area (Å²) in [4.78, 5) is 26.6. The van der Waals surface area contributed by atoms with Crippen LogP contribution in [-0.2, 0) is 11.3 Å². The van der Waals surface area contributed by atoms with Gasteiger partial charge in [0.1, 0.15) is 17.1 Å². The van der Waals surface area contributed by atoms with Crippen LogP contribution in [0.25, 0.3) is 10.9 Å². The van der Waals surface area contributed by atoms with Crippen molar-refractivity contribution in [2.75, 3.05) is 12.4 Å². The van der Waals surface area contributed by atoms with Crippen LogP contribution in [0.3, 0.4) is 0 Å². The fourth-order valence-corrected chi connectivity index (χ4v) is 2.34. The second kappa shape index (κ2) is 5.96. The van der Waals surface area contributed by atoms with Gasteiger partial charge in [0, 0.05) is 5.39 Å². The quantitative estimate of drug-likeness (QED) is 0.723. The van der Waals surface area contributed by atoms with Crippen molar-refractivity contribution < 1.29 is 18.3 Å². The average molecular weight is 316 g/mol. The van der Waals surface area contributed by atoms with E-state index in [1.165, 1.54) is 31.6 Å². The molecule has 0 saturated heterocycles. The largest absolute Gasteiger partial charge is 0.467 e. The van der Waals surface area contributed by atoms with E-state index >= 15 is 0 Å². The van der Waals surface area contributed by atoms with Crippen molar-refractivity contribution in [3.8, 4) is 0 Å². The zero-order chi connectivity index (χ0) is 16.4. The van der Waals surface area contributed by atoms with Gasteiger partial charge in [0.25, 0.3) is 5.56 Å². The molecule has 7 heteroatoms. The first-order chi connectivity index (χ1) is 11.1. The molecule has 2 heterocycles. The van der Waals surface area contributed by atoms with E-state index in [1.807, 2.05) is 0 Å². The third-order valence-electron chi connectivity index (χ3n) is 3.39.